The van der Waals surface area contributed by atoms with Gasteiger partial charge in [-0.15, -0.1) is 0 Å². The predicted molar refractivity (Wildman–Crippen MR) is 49.2 cm³/mol. The summed E-state index contributed by atoms with van der Waals surface area (Å²) in [5.41, 5.74) is 4.95. The maximum absolute atomic E-state index is 11.6. The molecule has 0 saturated carbocycles. The fourth-order valence-electron chi connectivity index (χ4n) is 1.46. The number of hydrogen-bond donors (Lipinski definition) is 2. The maximum atomic E-state index is 11.6. The minimum absolute atomic E-state index is 0.171. The van der Waals surface area contributed by atoms with Crippen molar-refractivity contribution in [2.45, 2.75) is 12.6 Å². The highest BCUT2D eigenvalue weighted by atomic mass is 16.3. The number of Topliss-reactive ketones (excluding diaryl/α,β-unsaturated/α-hetero) is 1. The third kappa shape index (κ3) is 1.14. The van der Waals surface area contributed by atoms with E-state index in [0.29, 0.717) is 11.1 Å². The van der Waals surface area contributed by atoms with Gasteiger partial charge in [0.15, 0.2) is 5.72 Å². The minimum Gasteiger partial charge on any atom is -0.366 e. The summed E-state index contributed by atoms with van der Waals surface area (Å²) in [6.45, 7) is 1.74. The van der Waals surface area contributed by atoms with Crippen LogP contribution in [0.3, 0.4) is 0 Å². The lowest BCUT2D eigenvalue weighted by Crippen LogP contribution is -2.48. The van der Waals surface area contributed by atoms with Gasteiger partial charge in [-0.2, -0.15) is 0 Å². The molecule has 1 atom stereocenters. The van der Waals surface area contributed by atoms with Crippen LogP contribution in [0.4, 0.5) is 0 Å². The van der Waals surface area contributed by atoms with E-state index in [-0.39, 0.29) is 5.69 Å². The molecule has 1 aromatic rings. The third-order valence-electron chi connectivity index (χ3n) is 2.15. The summed E-state index contributed by atoms with van der Waals surface area (Å²) in [4.78, 5) is 19.2. The van der Waals surface area contributed by atoms with E-state index in [2.05, 4.69) is 9.97 Å². The Kier molecular flexibility index (Phi) is 1.73. The molecule has 5 nitrogen and oxygen atoms in total. The fourth-order valence-corrected chi connectivity index (χ4v) is 1.46. The van der Waals surface area contributed by atoms with Crippen LogP contribution < -0.4 is 5.73 Å². The lowest BCUT2D eigenvalue weighted by molar-refractivity contribution is 0.0540. The molecule has 0 spiro atoms. The smallest absolute Gasteiger partial charge is 0.232 e. The number of carbonyl (C=O) groups excluding carboxylic acids is 1. The van der Waals surface area contributed by atoms with Crippen molar-refractivity contribution in [2.24, 2.45) is 5.73 Å². The molecule has 1 aliphatic carbocycles. The van der Waals surface area contributed by atoms with E-state index >= 15 is 0 Å². The molecule has 1 heterocycles. The van der Waals surface area contributed by atoms with E-state index in [1.807, 2.05) is 0 Å². The molecule has 0 radical (unpaired) electrons. The number of nitrogens with two attached hydrogens (primary N) is 1. The molecule has 0 aromatic carbocycles. The van der Waals surface area contributed by atoms with Crippen molar-refractivity contribution in [3.8, 4) is 0 Å². The van der Waals surface area contributed by atoms with Crippen molar-refractivity contribution in [3.05, 3.63) is 29.9 Å². The average Bonchev–Trinajstić information content (AvgIpc) is 2.14. The van der Waals surface area contributed by atoms with Crippen molar-refractivity contribution < 1.29 is 9.90 Å². The zero-order valence-electron chi connectivity index (χ0n) is 7.56. The molecular weight excluding hydrogens is 182 g/mol. The van der Waals surface area contributed by atoms with Gasteiger partial charge in [0.1, 0.15) is 12.0 Å². The Morgan fingerprint density at radius 3 is 3.00 bits per heavy atom. The molecule has 0 saturated heterocycles. The highest BCUT2D eigenvalue weighted by Gasteiger charge is 2.36. The second-order valence-electron chi connectivity index (χ2n) is 3.27. The molecule has 0 aliphatic heterocycles. The van der Waals surface area contributed by atoms with Gasteiger partial charge in [0, 0.05) is 11.8 Å². The highest BCUT2D eigenvalue weighted by Crippen LogP contribution is 2.26. The lowest BCUT2D eigenvalue weighted by atomic mass is 9.91. The zero-order valence-corrected chi connectivity index (χ0v) is 7.56. The lowest BCUT2D eigenvalue weighted by Gasteiger charge is -2.24. The van der Waals surface area contributed by atoms with E-state index in [4.69, 9.17) is 5.73 Å². The van der Waals surface area contributed by atoms with Crippen molar-refractivity contribution in [2.75, 3.05) is 0 Å². The number of hydrogen-bond acceptors (Lipinski definition) is 5. The molecule has 0 fully saturated rings. The van der Waals surface area contributed by atoms with Gasteiger partial charge in [-0.1, -0.05) is 0 Å². The summed E-state index contributed by atoms with van der Waals surface area (Å²) in [5, 5.41) is 9.55. The normalized spacial score (nSPS) is 25.6. The molecule has 1 aromatic heterocycles. The van der Waals surface area contributed by atoms with Gasteiger partial charge in [-0.25, -0.2) is 9.97 Å². The van der Waals surface area contributed by atoms with Crippen LogP contribution in [-0.2, 0) is 0 Å². The summed E-state index contributed by atoms with van der Waals surface area (Å²) in [6, 6.07) is 0. The van der Waals surface area contributed by atoms with E-state index in [1.165, 1.54) is 18.6 Å². The van der Waals surface area contributed by atoms with Crippen LogP contribution in [0.15, 0.2) is 18.6 Å². The Morgan fingerprint density at radius 2 is 2.29 bits per heavy atom. The highest BCUT2D eigenvalue weighted by molar-refractivity contribution is 6.08. The summed E-state index contributed by atoms with van der Waals surface area (Å²) in [6.07, 6.45) is 4.09. The molecule has 1 unspecified atom stereocenters. The molecule has 72 valence electrons. The van der Waals surface area contributed by atoms with Crippen LogP contribution in [0.5, 0.6) is 0 Å². The maximum Gasteiger partial charge on any atom is 0.232 e. The summed E-state index contributed by atoms with van der Waals surface area (Å²) in [7, 11) is 0. The van der Waals surface area contributed by atoms with Crippen LogP contribution in [0.25, 0.3) is 5.57 Å². The average molecular weight is 191 g/mol. The van der Waals surface area contributed by atoms with Crippen LogP contribution in [0, 0.1) is 0 Å². The Balaban J connectivity index is 2.69. The molecule has 1 aliphatic rings. The van der Waals surface area contributed by atoms with Gasteiger partial charge in [0.05, 0.1) is 0 Å². The quantitative estimate of drug-likeness (QED) is 0.551. The van der Waals surface area contributed by atoms with Crippen LogP contribution in [0.2, 0.25) is 0 Å². The molecule has 14 heavy (non-hydrogen) atoms. The number of aromatic nitrogens is 2. The summed E-state index contributed by atoms with van der Waals surface area (Å²) in [5.74, 6) is -0.597. The largest absolute Gasteiger partial charge is 0.366 e. The van der Waals surface area contributed by atoms with Crippen molar-refractivity contribution in [1.82, 2.24) is 9.97 Å². The minimum atomic E-state index is -1.94. The summed E-state index contributed by atoms with van der Waals surface area (Å²) >= 11 is 0. The van der Waals surface area contributed by atoms with Crippen molar-refractivity contribution >= 4 is 11.4 Å². The molecule has 0 bridgehead atoms. The van der Waals surface area contributed by atoms with E-state index in [1.54, 1.807) is 6.92 Å². The van der Waals surface area contributed by atoms with Gasteiger partial charge < -0.3 is 5.11 Å². The van der Waals surface area contributed by atoms with E-state index in [0.717, 1.165) is 0 Å². The predicted octanol–water partition coefficient (Wildman–Crippen LogP) is -0.277. The number of ketones is 1. The number of aliphatic hydroxyl groups is 1. The SMILES string of the molecule is CC1=CC(N)(O)C(=O)c2ncncc21. The first-order valence-corrected chi connectivity index (χ1v) is 4.08. The number of nitrogens with zero attached hydrogens (tertiary/aromatic N) is 2. The molecule has 5 heteroatoms. The second-order valence-corrected chi connectivity index (χ2v) is 3.27. The molecular formula is C9H9N3O2. The molecule has 2 rings (SSSR count). The number of rotatable bonds is 0. The standard InChI is InChI=1S/C9H9N3O2/c1-5-2-9(10,14)8(13)7-6(5)3-11-4-12-7/h2-4,14H,10H2,1H3. The van der Waals surface area contributed by atoms with Gasteiger partial charge in [0.25, 0.3) is 0 Å². The van der Waals surface area contributed by atoms with Gasteiger partial charge in [-0.3, -0.25) is 10.5 Å². The van der Waals surface area contributed by atoms with Crippen LogP contribution >= 0.6 is 0 Å². The van der Waals surface area contributed by atoms with Crippen LogP contribution in [-0.4, -0.2) is 26.6 Å². The van der Waals surface area contributed by atoms with Crippen LogP contribution in [0.1, 0.15) is 23.0 Å². The zero-order chi connectivity index (χ0) is 10.3. The van der Waals surface area contributed by atoms with Gasteiger partial charge in [-0.05, 0) is 18.6 Å². The molecule has 0 amide bonds. The summed E-state index contributed by atoms with van der Waals surface area (Å²) < 4.78 is 0. The molecule has 3 N–H and O–H groups in total. The Hall–Kier alpha value is -1.59. The number of carbonyl (C=O) groups is 1. The van der Waals surface area contributed by atoms with Gasteiger partial charge >= 0.3 is 0 Å². The monoisotopic (exact) mass is 191 g/mol. The Labute approximate surface area is 80.3 Å². The topological polar surface area (TPSA) is 89.1 Å². The third-order valence-corrected chi connectivity index (χ3v) is 2.15. The van der Waals surface area contributed by atoms with Crippen molar-refractivity contribution in [3.63, 3.8) is 0 Å². The number of fused-ring (bicyclic) bond motifs is 1. The first-order chi connectivity index (χ1) is 6.52. The Morgan fingerprint density at radius 1 is 1.57 bits per heavy atom. The van der Waals surface area contributed by atoms with Gasteiger partial charge in [0.2, 0.25) is 5.78 Å². The fraction of sp³-hybridized carbons (Fsp3) is 0.222. The Bertz CT molecular complexity index is 437. The first kappa shape index (κ1) is 8.98. The van der Waals surface area contributed by atoms with E-state index in [9.17, 15) is 9.90 Å². The second kappa shape index (κ2) is 2.70. The first-order valence-electron chi connectivity index (χ1n) is 4.08. The van der Waals surface area contributed by atoms with E-state index < -0.39 is 11.5 Å². The van der Waals surface area contributed by atoms with Crippen molar-refractivity contribution in [1.29, 1.82) is 0 Å². The number of allylic oxidation sites excluding steroid dienone is 1.